The van der Waals surface area contributed by atoms with Crippen molar-refractivity contribution in [1.82, 2.24) is 0 Å². The number of ether oxygens (including phenoxy) is 1. The van der Waals surface area contributed by atoms with Crippen LogP contribution in [-0.4, -0.2) is 38.7 Å². The largest absolute Gasteiger partial charge is 0.469 e. The van der Waals surface area contributed by atoms with Gasteiger partial charge in [0.05, 0.1) is 25.7 Å². The highest BCUT2D eigenvalue weighted by atomic mass is 28.4. The number of esters is 1. The van der Waals surface area contributed by atoms with Crippen molar-refractivity contribution in [3.8, 4) is 0 Å². The molecular weight excluding hydrogens is 428 g/mol. The molecule has 0 saturated heterocycles. The zero-order valence-electron chi connectivity index (χ0n) is 20.8. The summed E-state index contributed by atoms with van der Waals surface area (Å²) in [7, 11) is -1.53. The van der Waals surface area contributed by atoms with Gasteiger partial charge in [-0.1, -0.05) is 113 Å². The van der Waals surface area contributed by atoms with Gasteiger partial charge in [0.1, 0.15) is 0 Å². The smallest absolute Gasteiger partial charge is 0.308 e. The zero-order valence-corrected chi connectivity index (χ0v) is 21.8. The summed E-state index contributed by atoms with van der Waals surface area (Å²) in [5.41, 5.74) is 0. The first-order chi connectivity index (χ1) is 15.8. The van der Waals surface area contributed by atoms with Gasteiger partial charge in [-0.3, -0.25) is 4.79 Å². The molecule has 0 bridgehead atoms. The number of benzene rings is 2. The van der Waals surface area contributed by atoms with Crippen molar-refractivity contribution < 1.29 is 19.1 Å². The fourth-order valence-corrected chi connectivity index (χ4v) is 8.91. The van der Waals surface area contributed by atoms with Crippen molar-refractivity contribution in [3.05, 3.63) is 72.8 Å². The Balaban J connectivity index is 2.57. The Morgan fingerprint density at radius 3 is 2.00 bits per heavy atom. The van der Waals surface area contributed by atoms with Crippen LogP contribution in [0.2, 0.25) is 5.04 Å². The molecule has 0 aliphatic heterocycles. The molecule has 0 heterocycles. The van der Waals surface area contributed by atoms with Crippen molar-refractivity contribution in [2.24, 2.45) is 0 Å². The van der Waals surface area contributed by atoms with Gasteiger partial charge in [0.25, 0.3) is 8.32 Å². The van der Waals surface area contributed by atoms with Gasteiger partial charge < -0.3 is 14.3 Å². The van der Waals surface area contributed by atoms with Crippen molar-refractivity contribution in [1.29, 1.82) is 0 Å². The van der Waals surface area contributed by atoms with E-state index in [1.54, 1.807) is 0 Å². The number of aliphatic hydroxyl groups is 1. The van der Waals surface area contributed by atoms with Gasteiger partial charge in [-0.15, -0.1) is 0 Å². The van der Waals surface area contributed by atoms with E-state index in [0.29, 0.717) is 0 Å². The predicted octanol–water partition coefficient (Wildman–Crippen LogP) is 4.99. The third-order valence-corrected chi connectivity index (χ3v) is 11.0. The Morgan fingerprint density at radius 2 is 1.55 bits per heavy atom. The molecule has 0 saturated carbocycles. The number of unbranched alkanes of at least 4 members (excludes halogenated alkanes) is 3. The van der Waals surface area contributed by atoms with Crippen LogP contribution in [0, 0.1) is 0 Å². The van der Waals surface area contributed by atoms with Crippen molar-refractivity contribution >= 4 is 24.7 Å². The Labute approximate surface area is 200 Å². The van der Waals surface area contributed by atoms with E-state index < -0.39 is 26.5 Å². The maximum atomic E-state index is 12.0. The maximum absolute atomic E-state index is 12.0. The van der Waals surface area contributed by atoms with Gasteiger partial charge in [-0.05, 0) is 28.3 Å². The van der Waals surface area contributed by atoms with Crippen LogP contribution in [-0.2, 0) is 14.0 Å². The van der Waals surface area contributed by atoms with E-state index in [0.717, 1.165) is 36.1 Å². The van der Waals surface area contributed by atoms with E-state index in [4.69, 9.17) is 9.16 Å². The van der Waals surface area contributed by atoms with Gasteiger partial charge in [-0.2, -0.15) is 0 Å². The van der Waals surface area contributed by atoms with E-state index >= 15 is 0 Å². The molecule has 0 spiro atoms. The molecule has 0 aromatic heterocycles. The van der Waals surface area contributed by atoms with Crippen LogP contribution in [0.1, 0.15) is 59.8 Å². The monoisotopic (exact) mass is 468 g/mol. The Hall–Kier alpha value is -2.21. The van der Waals surface area contributed by atoms with Crippen molar-refractivity contribution in [2.45, 2.75) is 77.0 Å². The first-order valence-electron chi connectivity index (χ1n) is 12.0. The van der Waals surface area contributed by atoms with Crippen LogP contribution in [0.25, 0.3) is 0 Å². The number of hydrogen-bond donors (Lipinski definition) is 1. The summed E-state index contributed by atoms with van der Waals surface area (Å²) < 4.78 is 11.9. The van der Waals surface area contributed by atoms with Gasteiger partial charge in [0, 0.05) is 0 Å². The summed E-state index contributed by atoms with van der Waals surface area (Å²) in [5.74, 6) is -0.446. The fraction of sp³-hybridized carbons (Fsp3) is 0.464. The lowest BCUT2D eigenvalue weighted by Crippen LogP contribution is -2.68. The van der Waals surface area contributed by atoms with E-state index in [9.17, 15) is 9.90 Å². The molecular formula is C28H40O4Si. The minimum atomic E-state index is -2.88. The second kappa shape index (κ2) is 12.9. The van der Waals surface area contributed by atoms with Crippen LogP contribution in [0.15, 0.2) is 72.8 Å². The second-order valence-electron chi connectivity index (χ2n) is 9.52. The zero-order chi connectivity index (χ0) is 24.3. The molecule has 1 unspecified atom stereocenters. The topological polar surface area (TPSA) is 55.8 Å². The number of aliphatic hydroxyl groups excluding tert-OH is 1. The summed E-state index contributed by atoms with van der Waals surface area (Å²) in [6.45, 7) is 8.79. The van der Waals surface area contributed by atoms with Gasteiger partial charge in [0.2, 0.25) is 0 Å². The molecule has 2 rings (SSSR count). The molecule has 5 heteroatoms. The van der Waals surface area contributed by atoms with Crippen LogP contribution < -0.4 is 10.4 Å². The molecule has 0 aliphatic carbocycles. The third kappa shape index (κ3) is 7.13. The van der Waals surface area contributed by atoms with E-state index in [1.807, 2.05) is 42.5 Å². The first kappa shape index (κ1) is 27.0. The highest BCUT2D eigenvalue weighted by Gasteiger charge is 2.51. The lowest BCUT2D eigenvalue weighted by molar-refractivity contribution is -0.143. The quantitative estimate of drug-likeness (QED) is 0.206. The number of carbonyl (C=O) groups is 1. The summed E-state index contributed by atoms with van der Waals surface area (Å²) in [6.07, 6.45) is 6.61. The number of hydrogen-bond acceptors (Lipinski definition) is 4. The molecule has 4 nitrogen and oxygen atoms in total. The normalized spacial score (nSPS) is 14.2. The number of methoxy groups -OCH3 is 1. The molecule has 33 heavy (non-hydrogen) atoms. The molecule has 180 valence electrons. The summed E-state index contributed by atoms with van der Waals surface area (Å²) in [6, 6.07) is 20.7. The number of carbonyl (C=O) groups excluding carboxylic acids is 1. The lowest BCUT2D eigenvalue weighted by atomic mass is 10.1. The van der Waals surface area contributed by atoms with E-state index in [1.165, 1.54) is 7.11 Å². The molecule has 0 amide bonds. The highest BCUT2D eigenvalue weighted by Crippen LogP contribution is 2.38. The predicted molar refractivity (Wildman–Crippen MR) is 138 cm³/mol. The van der Waals surface area contributed by atoms with E-state index in [2.05, 4.69) is 58.0 Å². The Morgan fingerprint density at radius 1 is 1.00 bits per heavy atom. The molecule has 2 atom stereocenters. The average Bonchev–Trinajstić information content (AvgIpc) is 2.81. The third-order valence-electron chi connectivity index (χ3n) is 6.01. The number of rotatable bonds is 12. The Bertz CT molecular complexity index is 819. The minimum absolute atomic E-state index is 0.112. The maximum Gasteiger partial charge on any atom is 0.308 e. The number of allylic oxidation sites excluding steroid dienone is 1. The summed E-state index contributed by atoms with van der Waals surface area (Å²) >= 11 is 0. The van der Waals surface area contributed by atoms with Crippen LogP contribution in [0.4, 0.5) is 0 Å². The lowest BCUT2D eigenvalue weighted by Gasteiger charge is -2.45. The van der Waals surface area contributed by atoms with Crippen molar-refractivity contribution in [2.75, 3.05) is 7.11 Å². The van der Waals surface area contributed by atoms with Crippen molar-refractivity contribution in [3.63, 3.8) is 0 Å². The highest BCUT2D eigenvalue weighted by molar-refractivity contribution is 6.99. The summed E-state index contributed by atoms with van der Waals surface area (Å²) in [4.78, 5) is 12.0. The minimum Gasteiger partial charge on any atom is -0.469 e. The van der Waals surface area contributed by atoms with Gasteiger partial charge >= 0.3 is 5.97 Å². The van der Waals surface area contributed by atoms with Gasteiger partial charge in [0.15, 0.2) is 0 Å². The van der Waals surface area contributed by atoms with Crippen LogP contribution in [0.3, 0.4) is 0 Å². The standard InChI is InChI=1S/C28H40O4Si/c1-6-7-8-9-16-21-26(25(29)22-27(30)31-5)32-33(28(2,3)4,23-17-12-10-13-18-23)24-19-14-11-15-20-24/h10-21,25-26,29H,6-9,22H2,1-5H3/b21-16+/t25?,26-/m0/s1. The molecule has 0 radical (unpaired) electrons. The first-order valence-corrected chi connectivity index (χ1v) is 13.9. The van der Waals surface area contributed by atoms with E-state index in [-0.39, 0.29) is 11.5 Å². The fourth-order valence-electron chi connectivity index (χ4n) is 4.25. The second-order valence-corrected chi connectivity index (χ2v) is 13.8. The van der Waals surface area contributed by atoms with Crippen LogP contribution in [0.5, 0.6) is 0 Å². The molecule has 0 aliphatic rings. The van der Waals surface area contributed by atoms with Crippen LogP contribution >= 0.6 is 0 Å². The summed E-state index contributed by atoms with van der Waals surface area (Å²) in [5, 5.41) is 13.1. The molecule has 0 fully saturated rings. The molecule has 2 aromatic carbocycles. The average molecular weight is 469 g/mol. The SMILES string of the molecule is CCCCC/C=C/[C@H](O[Si](c1ccccc1)(c1ccccc1)C(C)(C)C)C(O)CC(=O)OC. The van der Waals surface area contributed by atoms with Gasteiger partial charge in [-0.25, -0.2) is 0 Å². The molecule has 2 aromatic rings. The Kier molecular flexibility index (Phi) is 10.5. The molecule has 1 N–H and O–H groups in total.